The molecule has 0 saturated carbocycles. The van der Waals surface area contributed by atoms with Crippen molar-refractivity contribution in [2.24, 2.45) is 0 Å². The molecule has 0 saturated heterocycles. The van der Waals surface area contributed by atoms with Gasteiger partial charge in [-0.15, -0.1) is 11.3 Å². The number of aromatic nitrogens is 2. The number of nitrogens with zero attached hydrogens (tertiary/aromatic N) is 3. The first kappa shape index (κ1) is 17.9. The van der Waals surface area contributed by atoms with Crippen LogP contribution < -0.4 is 4.74 Å². The summed E-state index contributed by atoms with van der Waals surface area (Å²) in [6, 6.07) is 0. The van der Waals surface area contributed by atoms with Crippen molar-refractivity contribution < 1.29 is 9.53 Å². The van der Waals surface area contributed by atoms with Crippen molar-refractivity contribution in [2.75, 3.05) is 19.7 Å². The fourth-order valence-electron chi connectivity index (χ4n) is 3.27. The number of hydrogen-bond acceptors (Lipinski definition) is 5. The number of aryl methyl sites for hydroxylation is 2. The lowest BCUT2D eigenvalue weighted by molar-refractivity contribution is -0.132. The van der Waals surface area contributed by atoms with Crippen LogP contribution >= 0.6 is 11.3 Å². The van der Waals surface area contributed by atoms with Crippen molar-refractivity contribution in [3.8, 4) is 5.88 Å². The Hall–Kier alpha value is -1.95. The van der Waals surface area contributed by atoms with Gasteiger partial charge in [0.2, 0.25) is 5.88 Å². The highest BCUT2D eigenvalue weighted by Crippen LogP contribution is 2.38. The maximum atomic E-state index is 12.4. The summed E-state index contributed by atoms with van der Waals surface area (Å²) in [5.41, 5.74) is 2.29. The number of ether oxygens (including phenoxy) is 1. The van der Waals surface area contributed by atoms with E-state index in [9.17, 15) is 4.79 Å². The second kappa shape index (κ2) is 7.95. The minimum atomic E-state index is -0.0430. The van der Waals surface area contributed by atoms with Gasteiger partial charge in [0, 0.05) is 18.0 Å². The number of thiophene rings is 1. The molecule has 0 radical (unpaired) electrons. The van der Waals surface area contributed by atoms with E-state index in [4.69, 9.17) is 4.74 Å². The van der Waals surface area contributed by atoms with Crippen molar-refractivity contribution in [1.29, 1.82) is 0 Å². The van der Waals surface area contributed by atoms with Crippen molar-refractivity contribution in [3.05, 3.63) is 28.9 Å². The predicted molar refractivity (Wildman–Crippen MR) is 101 cm³/mol. The smallest absolute Gasteiger partial charge is 0.260 e. The quantitative estimate of drug-likeness (QED) is 0.582. The molecule has 0 aliphatic heterocycles. The van der Waals surface area contributed by atoms with Crippen LogP contribution in [0.25, 0.3) is 10.2 Å². The SMILES string of the molecule is C=C(C)CN(CC)C(=O)COc1ncnc2sc3c(c12)CCCCC3. The number of hydrogen-bond donors (Lipinski definition) is 0. The van der Waals surface area contributed by atoms with E-state index in [-0.39, 0.29) is 12.5 Å². The van der Waals surface area contributed by atoms with Crippen LogP contribution in [0.5, 0.6) is 5.88 Å². The molecule has 1 aliphatic carbocycles. The molecule has 0 aromatic carbocycles. The summed E-state index contributed by atoms with van der Waals surface area (Å²) >= 11 is 1.74. The zero-order valence-corrected chi connectivity index (χ0v) is 15.8. The van der Waals surface area contributed by atoms with E-state index in [1.54, 1.807) is 16.2 Å². The number of likely N-dealkylation sites (N-methyl/N-ethyl adjacent to an activating group) is 1. The van der Waals surface area contributed by atoms with Crippen LogP contribution in [-0.2, 0) is 17.6 Å². The maximum absolute atomic E-state index is 12.4. The van der Waals surface area contributed by atoms with E-state index >= 15 is 0 Å². The molecule has 0 fully saturated rings. The summed E-state index contributed by atoms with van der Waals surface area (Å²) in [5.74, 6) is 0.503. The number of amides is 1. The average Bonchev–Trinajstić information content (AvgIpc) is 2.79. The first-order valence-electron chi connectivity index (χ1n) is 8.90. The summed E-state index contributed by atoms with van der Waals surface area (Å²) < 4.78 is 5.85. The number of carbonyl (C=O) groups is 1. The van der Waals surface area contributed by atoms with E-state index in [0.717, 1.165) is 28.6 Å². The summed E-state index contributed by atoms with van der Waals surface area (Å²) in [6.07, 6.45) is 7.37. The molecule has 5 nitrogen and oxygen atoms in total. The van der Waals surface area contributed by atoms with Gasteiger partial charge in [0.25, 0.3) is 5.91 Å². The molecular weight excluding hydrogens is 334 g/mol. The van der Waals surface area contributed by atoms with Crippen LogP contribution in [0.3, 0.4) is 0 Å². The highest BCUT2D eigenvalue weighted by atomic mass is 32.1. The Bertz CT molecular complexity index is 784. The Morgan fingerprint density at radius 2 is 2.12 bits per heavy atom. The van der Waals surface area contributed by atoms with Gasteiger partial charge in [-0.25, -0.2) is 9.97 Å². The number of carbonyl (C=O) groups excluding carboxylic acids is 1. The van der Waals surface area contributed by atoms with Gasteiger partial charge in [-0.3, -0.25) is 4.79 Å². The Morgan fingerprint density at radius 1 is 1.32 bits per heavy atom. The molecule has 2 heterocycles. The molecule has 0 unspecified atom stereocenters. The standard InChI is InChI=1S/C19H25N3O2S/c1-4-22(10-13(2)3)16(23)11-24-18-17-14-8-6-5-7-9-15(14)25-19(17)21-12-20-18/h12H,2,4-11H2,1,3H3. The third-order valence-electron chi connectivity index (χ3n) is 4.49. The lowest BCUT2D eigenvalue weighted by Gasteiger charge is -2.21. The van der Waals surface area contributed by atoms with Gasteiger partial charge in [-0.05, 0) is 45.1 Å². The van der Waals surface area contributed by atoms with Crippen LogP contribution in [0.1, 0.15) is 43.6 Å². The van der Waals surface area contributed by atoms with Crippen molar-refractivity contribution in [1.82, 2.24) is 14.9 Å². The first-order valence-corrected chi connectivity index (χ1v) is 9.72. The zero-order valence-electron chi connectivity index (χ0n) is 15.0. The van der Waals surface area contributed by atoms with Gasteiger partial charge in [-0.1, -0.05) is 18.6 Å². The fourth-order valence-corrected chi connectivity index (χ4v) is 4.49. The van der Waals surface area contributed by atoms with Crippen LogP contribution in [0.15, 0.2) is 18.5 Å². The monoisotopic (exact) mass is 359 g/mol. The van der Waals surface area contributed by atoms with Gasteiger partial charge in [0.15, 0.2) is 6.61 Å². The molecule has 25 heavy (non-hydrogen) atoms. The van der Waals surface area contributed by atoms with E-state index in [1.165, 1.54) is 36.0 Å². The lowest BCUT2D eigenvalue weighted by Crippen LogP contribution is -2.35. The summed E-state index contributed by atoms with van der Waals surface area (Å²) in [7, 11) is 0. The summed E-state index contributed by atoms with van der Waals surface area (Å²) in [4.78, 5) is 25.3. The molecule has 0 N–H and O–H groups in total. The average molecular weight is 359 g/mol. The fraction of sp³-hybridized carbons (Fsp3) is 0.526. The Balaban J connectivity index is 1.80. The molecule has 0 spiro atoms. The molecule has 134 valence electrons. The van der Waals surface area contributed by atoms with Crippen LogP contribution in [0.4, 0.5) is 0 Å². The normalized spacial score (nSPS) is 14.0. The van der Waals surface area contributed by atoms with E-state index < -0.39 is 0 Å². The minimum absolute atomic E-state index is 0.00213. The molecular formula is C19H25N3O2S. The molecule has 1 amide bonds. The zero-order chi connectivity index (χ0) is 17.8. The van der Waals surface area contributed by atoms with Crippen molar-refractivity contribution >= 4 is 27.5 Å². The van der Waals surface area contributed by atoms with Gasteiger partial charge in [-0.2, -0.15) is 0 Å². The van der Waals surface area contributed by atoms with Crippen LogP contribution in [0.2, 0.25) is 0 Å². The predicted octanol–water partition coefficient (Wildman–Crippen LogP) is 3.76. The highest BCUT2D eigenvalue weighted by Gasteiger charge is 2.21. The third kappa shape index (κ3) is 4.00. The summed E-state index contributed by atoms with van der Waals surface area (Å²) in [5, 5.41) is 1.01. The molecule has 6 heteroatoms. The minimum Gasteiger partial charge on any atom is -0.467 e. The van der Waals surface area contributed by atoms with Crippen molar-refractivity contribution in [3.63, 3.8) is 0 Å². The van der Waals surface area contributed by atoms with Crippen molar-refractivity contribution in [2.45, 2.75) is 46.0 Å². The summed E-state index contributed by atoms with van der Waals surface area (Å²) in [6.45, 7) is 8.96. The largest absolute Gasteiger partial charge is 0.467 e. The maximum Gasteiger partial charge on any atom is 0.260 e. The van der Waals surface area contributed by atoms with Gasteiger partial charge >= 0.3 is 0 Å². The molecule has 0 atom stereocenters. The second-order valence-electron chi connectivity index (χ2n) is 6.58. The van der Waals surface area contributed by atoms with Gasteiger partial charge in [0.1, 0.15) is 11.2 Å². The third-order valence-corrected chi connectivity index (χ3v) is 5.69. The molecule has 1 aliphatic rings. The molecule has 3 rings (SSSR count). The first-order chi connectivity index (χ1) is 12.1. The van der Waals surface area contributed by atoms with Gasteiger partial charge in [0.05, 0.1) is 5.39 Å². The second-order valence-corrected chi connectivity index (χ2v) is 7.66. The number of fused-ring (bicyclic) bond motifs is 3. The van der Waals surface area contributed by atoms with Gasteiger partial charge < -0.3 is 9.64 Å². The van der Waals surface area contributed by atoms with Crippen LogP contribution in [0, 0.1) is 0 Å². The van der Waals surface area contributed by atoms with E-state index in [0.29, 0.717) is 19.0 Å². The Morgan fingerprint density at radius 3 is 2.88 bits per heavy atom. The van der Waals surface area contributed by atoms with E-state index in [2.05, 4.69) is 16.5 Å². The van der Waals surface area contributed by atoms with Crippen LogP contribution in [-0.4, -0.2) is 40.5 Å². The molecule has 2 aromatic rings. The number of rotatable bonds is 6. The molecule has 0 bridgehead atoms. The molecule has 2 aromatic heterocycles. The highest BCUT2D eigenvalue weighted by molar-refractivity contribution is 7.18. The Kier molecular flexibility index (Phi) is 5.68. The Labute approximate surface area is 152 Å². The topological polar surface area (TPSA) is 55.3 Å². The lowest BCUT2D eigenvalue weighted by atomic mass is 10.1. The van der Waals surface area contributed by atoms with E-state index in [1.807, 2.05) is 13.8 Å².